The second kappa shape index (κ2) is 8.15. The highest BCUT2D eigenvalue weighted by Crippen LogP contribution is 2.32. The predicted octanol–water partition coefficient (Wildman–Crippen LogP) is 1.91. The Balaban J connectivity index is 1.61. The lowest BCUT2D eigenvalue weighted by Crippen LogP contribution is -2.42. The van der Waals surface area contributed by atoms with Gasteiger partial charge in [0, 0.05) is 31.6 Å². The number of nitrogens with zero attached hydrogens (tertiary/aromatic N) is 2. The molecule has 27 heavy (non-hydrogen) atoms. The number of rotatable bonds is 6. The van der Waals surface area contributed by atoms with Crippen molar-refractivity contribution in [3.8, 4) is 0 Å². The van der Waals surface area contributed by atoms with Crippen LogP contribution in [0, 0.1) is 0 Å². The van der Waals surface area contributed by atoms with Gasteiger partial charge >= 0.3 is 0 Å². The zero-order chi connectivity index (χ0) is 19.6. The lowest BCUT2D eigenvalue weighted by Gasteiger charge is -2.27. The van der Waals surface area contributed by atoms with Gasteiger partial charge in [0.15, 0.2) is 9.84 Å². The van der Waals surface area contributed by atoms with Crippen molar-refractivity contribution in [2.75, 3.05) is 24.6 Å². The van der Waals surface area contributed by atoms with E-state index in [1.54, 1.807) is 23.1 Å². The van der Waals surface area contributed by atoms with E-state index in [4.69, 9.17) is 16.6 Å². The summed E-state index contributed by atoms with van der Waals surface area (Å²) in [4.78, 5) is 28.6. The number of carbonyl (C=O) groups excluding carboxylic acids is 2. The van der Waals surface area contributed by atoms with Crippen molar-refractivity contribution in [1.29, 1.82) is 0 Å². The summed E-state index contributed by atoms with van der Waals surface area (Å²) in [5.74, 6) is 0.281. The van der Waals surface area contributed by atoms with Crippen LogP contribution in [0.3, 0.4) is 0 Å². The summed E-state index contributed by atoms with van der Waals surface area (Å²) in [6.45, 7) is 2.44. The Morgan fingerprint density at radius 3 is 2.89 bits per heavy atom. The molecule has 0 spiro atoms. The highest BCUT2D eigenvalue weighted by Gasteiger charge is 2.36. The largest absolute Gasteiger partial charge is 0.465 e. The first-order valence-corrected chi connectivity index (χ1v) is 11.6. The van der Waals surface area contributed by atoms with Crippen LogP contribution in [0.25, 0.3) is 6.08 Å². The van der Waals surface area contributed by atoms with E-state index < -0.39 is 9.84 Å². The molecule has 146 valence electrons. The van der Waals surface area contributed by atoms with Crippen LogP contribution in [0.5, 0.6) is 0 Å². The molecule has 10 heteroatoms. The normalized spacial score (nSPS) is 23.4. The number of thiocarbonyl (C=S) groups is 1. The molecule has 2 aliphatic rings. The lowest BCUT2D eigenvalue weighted by molar-refractivity contribution is -0.133. The van der Waals surface area contributed by atoms with Crippen LogP contribution < -0.4 is 0 Å². The first kappa shape index (κ1) is 20.1. The van der Waals surface area contributed by atoms with Gasteiger partial charge in [0.2, 0.25) is 5.91 Å². The first-order chi connectivity index (χ1) is 12.8. The van der Waals surface area contributed by atoms with Crippen molar-refractivity contribution in [3.05, 3.63) is 29.1 Å². The Labute approximate surface area is 167 Å². The quantitative estimate of drug-likeness (QED) is 0.505. The maximum absolute atomic E-state index is 12.6. The zero-order valence-corrected chi connectivity index (χ0v) is 17.2. The molecule has 0 aromatic carbocycles. The fourth-order valence-electron chi connectivity index (χ4n) is 3.21. The van der Waals surface area contributed by atoms with Gasteiger partial charge in [-0.25, -0.2) is 8.42 Å². The molecule has 0 N–H and O–H groups in total. The molecule has 1 unspecified atom stereocenters. The van der Waals surface area contributed by atoms with Gasteiger partial charge in [-0.1, -0.05) is 24.0 Å². The summed E-state index contributed by atoms with van der Waals surface area (Å²) in [5, 5.41) is 0. The molecule has 1 atom stereocenters. The SMILES string of the molecule is CCN(C(=O)CCN1C(=O)/C(=C\c2ccco2)SC1=S)C1CCS(=O)(=O)C1. The summed E-state index contributed by atoms with van der Waals surface area (Å²) >= 11 is 6.44. The van der Waals surface area contributed by atoms with Gasteiger partial charge < -0.3 is 9.32 Å². The van der Waals surface area contributed by atoms with Crippen molar-refractivity contribution < 1.29 is 22.4 Å². The molecule has 0 bridgehead atoms. The number of amides is 2. The van der Waals surface area contributed by atoms with Gasteiger partial charge in [-0.3, -0.25) is 14.5 Å². The maximum atomic E-state index is 12.6. The zero-order valence-electron chi connectivity index (χ0n) is 14.8. The number of sulfone groups is 1. The van der Waals surface area contributed by atoms with E-state index in [0.717, 1.165) is 0 Å². The molecule has 2 aliphatic heterocycles. The van der Waals surface area contributed by atoms with Crippen LogP contribution in [0.4, 0.5) is 0 Å². The van der Waals surface area contributed by atoms with E-state index in [2.05, 4.69) is 0 Å². The van der Waals surface area contributed by atoms with Crippen LogP contribution in [-0.2, 0) is 19.4 Å². The first-order valence-electron chi connectivity index (χ1n) is 8.59. The molecule has 1 aromatic rings. The van der Waals surface area contributed by atoms with Gasteiger partial charge in [-0.15, -0.1) is 0 Å². The number of carbonyl (C=O) groups is 2. The van der Waals surface area contributed by atoms with E-state index in [1.165, 1.54) is 22.9 Å². The summed E-state index contributed by atoms with van der Waals surface area (Å²) in [5.41, 5.74) is 0. The van der Waals surface area contributed by atoms with Gasteiger partial charge in [0.25, 0.3) is 5.91 Å². The van der Waals surface area contributed by atoms with Crippen molar-refractivity contribution in [2.45, 2.75) is 25.8 Å². The third kappa shape index (κ3) is 4.61. The highest BCUT2D eigenvalue weighted by atomic mass is 32.2. The van der Waals surface area contributed by atoms with E-state index in [1.807, 2.05) is 6.92 Å². The minimum absolute atomic E-state index is 0.0134. The summed E-state index contributed by atoms with van der Waals surface area (Å²) in [6.07, 6.45) is 3.72. The summed E-state index contributed by atoms with van der Waals surface area (Å²) < 4.78 is 29.0. The fraction of sp³-hybridized carbons (Fsp3) is 0.471. The second-order valence-electron chi connectivity index (χ2n) is 6.34. The molecule has 0 saturated carbocycles. The van der Waals surface area contributed by atoms with Crippen molar-refractivity contribution in [2.24, 2.45) is 0 Å². The Kier molecular flexibility index (Phi) is 6.07. The minimum atomic E-state index is -3.06. The van der Waals surface area contributed by atoms with Crippen molar-refractivity contribution in [1.82, 2.24) is 9.80 Å². The summed E-state index contributed by atoms with van der Waals surface area (Å²) in [7, 11) is -3.06. The smallest absolute Gasteiger partial charge is 0.266 e. The number of hydrogen-bond acceptors (Lipinski definition) is 7. The molecular formula is C17H20N2O5S3. The fourth-order valence-corrected chi connectivity index (χ4v) is 6.23. The molecule has 3 rings (SSSR count). The van der Waals surface area contributed by atoms with Crippen LogP contribution in [-0.4, -0.2) is 65.0 Å². The Morgan fingerprint density at radius 1 is 1.52 bits per heavy atom. The topological polar surface area (TPSA) is 87.9 Å². The number of hydrogen-bond donors (Lipinski definition) is 0. The average molecular weight is 429 g/mol. The molecule has 3 heterocycles. The van der Waals surface area contributed by atoms with Crippen molar-refractivity contribution >= 4 is 56.0 Å². The van der Waals surface area contributed by atoms with Gasteiger partial charge in [0.05, 0.1) is 22.7 Å². The molecule has 1 aromatic heterocycles. The molecule has 7 nitrogen and oxygen atoms in total. The predicted molar refractivity (Wildman–Crippen MR) is 108 cm³/mol. The van der Waals surface area contributed by atoms with E-state index >= 15 is 0 Å². The molecule has 2 amide bonds. The van der Waals surface area contributed by atoms with Gasteiger partial charge in [0.1, 0.15) is 10.1 Å². The molecule has 2 fully saturated rings. The average Bonchev–Trinajstić information content (AvgIpc) is 3.29. The Morgan fingerprint density at radius 2 is 2.30 bits per heavy atom. The summed E-state index contributed by atoms with van der Waals surface area (Å²) in [6, 6.07) is 3.19. The maximum Gasteiger partial charge on any atom is 0.266 e. The van der Waals surface area contributed by atoms with E-state index in [0.29, 0.717) is 28.0 Å². The third-order valence-corrected chi connectivity index (χ3v) is 7.68. The monoisotopic (exact) mass is 428 g/mol. The Hall–Kier alpha value is -1.65. The number of furan rings is 1. The van der Waals surface area contributed by atoms with Crippen LogP contribution in [0.2, 0.25) is 0 Å². The van der Waals surface area contributed by atoms with Crippen LogP contribution in [0.15, 0.2) is 27.7 Å². The minimum Gasteiger partial charge on any atom is -0.465 e. The van der Waals surface area contributed by atoms with Crippen LogP contribution >= 0.6 is 24.0 Å². The third-order valence-electron chi connectivity index (χ3n) is 4.55. The lowest BCUT2D eigenvalue weighted by atomic mass is 10.2. The molecule has 0 aliphatic carbocycles. The standard InChI is InChI=1S/C17H20N2O5S3/c1-2-18(12-6-9-27(22,23)11-12)15(20)5-7-19-16(21)14(26-17(19)25)10-13-4-3-8-24-13/h3-4,8,10,12H,2,5-7,9,11H2,1H3/b14-10+. The van der Waals surface area contributed by atoms with Gasteiger partial charge in [-0.05, 0) is 25.5 Å². The number of thioether (sulfide) groups is 1. The molecule has 2 saturated heterocycles. The molecule has 0 radical (unpaired) electrons. The Bertz CT molecular complexity index is 876. The molecular weight excluding hydrogens is 408 g/mol. The highest BCUT2D eigenvalue weighted by molar-refractivity contribution is 8.26. The van der Waals surface area contributed by atoms with E-state index in [-0.39, 0.29) is 42.3 Å². The van der Waals surface area contributed by atoms with E-state index in [9.17, 15) is 18.0 Å². The van der Waals surface area contributed by atoms with Crippen LogP contribution in [0.1, 0.15) is 25.5 Å². The second-order valence-corrected chi connectivity index (χ2v) is 10.2. The van der Waals surface area contributed by atoms with Gasteiger partial charge in [-0.2, -0.15) is 0 Å². The van der Waals surface area contributed by atoms with Crippen molar-refractivity contribution in [3.63, 3.8) is 0 Å².